The first-order chi connectivity index (χ1) is 6.58. The molecule has 1 unspecified atom stereocenters. The van der Waals surface area contributed by atoms with Crippen LogP contribution in [0.4, 0.5) is 14.6 Å². The van der Waals surface area contributed by atoms with E-state index in [0.717, 1.165) is 5.56 Å². The smallest absolute Gasteiger partial charge is 0.240 e. The highest BCUT2D eigenvalue weighted by atomic mass is 19.3. The van der Waals surface area contributed by atoms with E-state index in [1.807, 2.05) is 6.92 Å². The van der Waals surface area contributed by atoms with Gasteiger partial charge in [-0.3, -0.25) is 0 Å². The molecule has 3 nitrogen and oxygen atoms in total. The summed E-state index contributed by atoms with van der Waals surface area (Å²) in [6, 6.07) is 1.47. The number of nitrogens with one attached hydrogen (secondary N) is 1. The minimum atomic E-state index is -2.30. The SMILES string of the molecule is Cc1cnnc(NC(C)CC(F)F)c1. The Kier molecular flexibility index (Phi) is 3.73. The zero-order valence-electron chi connectivity index (χ0n) is 8.17. The number of rotatable bonds is 4. The van der Waals surface area contributed by atoms with Crippen molar-refractivity contribution in [3.05, 3.63) is 17.8 Å². The Morgan fingerprint density at radius 2 is 2.21 bits per heavy atom. The van der Waals surface area contributed by atoms with E-state index in [1.54, 1.807) is 19.2 Å². The first-order valence-corrected chi connectivity index (χ1v) is 4.42. The number of halogens is 2. The Labute approximate surface area is 81.5 Å². The lowest BCUT2D eigenvalue weighted by molar-refractivity contribution is 0.133. The molecule has 0 amide bonds. The number of nitrogens with zero attached hydrogens (tertiary/aromatic N) is 2. The largest absolute Gasteiger partial charge is 0.366 e. The lowest BCUT2D eigenvalue weighted by Gasteiger charge is -2.13. The Hall–Kier alpha value is -1.26. The second-order valence-electron chi connectivity index (χ2n) is 3.29. The Bertz CT molecular complexity index is 291. The predicted octanol–water partition coefficient (Wildman–Crippen LogP) is 2.24. The maximum Gasteiger partial charge on any atom is 0.240 e. The summed E-state index contributed by atoms with van der Waals surface area (Å²) >= 11 is 0. The van der Waals surface area contributed by atoms with Crippen LogP contribution < -0.4 is 5.32 Å². The van der Waals surface area contributed by atoms with Crippen molar-refractivity contribution in [3.8, 4) is 0 Å². The summed E-state index contributed by atoms with van der Waals surface area (Å²) in [7, 11) is 0. The Balaban J connectivity index is 2.51. The lowest BCUT2D eigenvalue weighted by atomic mass is 10.2. The second-order valence-corrected chi connectivity index (χ2v) is 3.29. The van der Waals surface area contributed by atoms with E-state index in [0.29, 0.717) is 5.82 Å². The predicted molar refractivity (Wildman–Crippen MR) is 50.5 cm³/mol. The molecule has 0 aliphatic rings. The van der Waals surface area contributed by atoms with Gasteiger partial charge in [0.05, 0.1) is 6.20 Å². The summed E-state index contributed by atoms with van der Waals surface area (Å²) in [6.07, 6.45) is -0.867. The van der Waals surface area contributed by atoms with Crippen LogP contribution in [-0.2, 0) is 0 Å². The van der Waals surface area contributed by atoms with Crippen LogP contribution in [0.1, 0.15) is 18.9 Å². The van der Waals surface area contributed by atoms with E-state index in [1.165, 1.54) is 0 Å². The minimum Gasteiger partial charge on any atom is -0.366 e. The molecule has 78 valence electrons. The molecule has 0 saturated carbocycles. The molecular weight excluding hydrogens is 188 g/mol. The highest BCUT2D eigenvalue weighted by Crippen LogP contribution is 2.10. The molecule has 1 rings (SSSR count). The van der Waals surface area contributed by atoms with Crippen LogP contribution in [0.5, 0.6) is 0 Å². The Morgan fingerprint density at radius 3 is 2.79 bits per heavy atom. The quantitative estimate of drug-likeness (QED) is 0.811. The highest BCUT2D eigenvalue weighted by Gasteiger charge is 2.10. The molecule has 0 saturated heterocycles. The summed E-state index contributed by atoms with van der Waals surface area (Å²) < 4.78 is 24.0. The number of anilines is 1. The fourth-order valence-corrected chi connectivity index (χ4v) is 1.11. The average molecular weight is 201 g/mol. The highest BCUT2D eigenvalue weighted by molar-refractivity contribution is 5.35. The fraction of sp³-hybridized carbons (Fsp3) is 0.556. The monoisotopic (exact) mass is 201 g/mol. The maximum atomic E-state index is 12.0. The van der Waals surface area contributed by atoms with E-state index >= 15 is 0 Å². The molecule has 0 radical (unpaired) electrons. The second kappa shape index (κ2) is 4.83. The lowest BCUT2D eigenvalue weighted by Crippen LogP contribution is -2.19. The summed E-state index contributed by atoms with van der Waals surface area (Å²) in [5.41, 5.74) is 0.951. The molecule has 1 N–H and O–H groups in total. The molecule has 1 heterocycles. The van der Waals surface area contributed by atoms with Crippen molar-refractivity contribution in [1.29, 1.82) is 0 Å². The number of aryl methyl sites for hydroxylation is 1. The van der Waals surface area contributed by atoms with E-state index in [2.05, 4.69) is 15.5 Å². The van der Waals surface area contributed by atoms with Crippen LogP contribution >= 0.6 is 0 Å². The standard InChI is InChI=1S/C9H13F2N3/c1-6-3-9(14-12-5-6)13-7(2)4-8(10)11/h3,5,7-8H,4H2,1-2H3,(H,13,14). The zero-order chi connectivity index (χ0) is 10.6. The van der Waals surface area contributed by atoms with Gasteiger partial charge in [-0.2, -0.15) is 5.10 Å². The van der Waals surface area contributed by atoms with Gasteiger partial charge in [0, 0.05) is 12.5 Å². The van der Waals surface area contributed by atoms with Gasteiger partial charge in [0.2, 0.25) is 6.43 Å². The van der Waals surface area contributed by atoms with E-state index < -0.39 is 6.43 Å². The third kappa shape index (κ3) is 3.64. The summed E-state index contributed by atoms with van der Waals surface area (Å²) in [4.78, 5) is 0. The molecule has 14 heavy (non-hydrogen) atoms. The fourth-order valence-electron chi connectivity index (χ4n) is 1.11. The number of hydrogen-bond donors (Lipinski definition) is 1. The van der Waals surface area contributed by atoms with Crippen molar-refractivity contribution in [2.45, 2.75) is 32.7 Å². The topological polar surface area (TPSA) is 37.8 Å². The molecule has 0 aliphatic heterocycles. The molecule has 0 fully saturated rings. The van der Waals surface area contributed by atoms with E-state index in [-0.39, 0.29) is 12.5 Å². The molecule has 1 aromatic heterocycles. The van der Waals surface area contributed by atoms with Crippen LogP contribution in [0.25, 0.3) is 0 Å². The Morgan fingerprint density at radius 1 is 1.50 bits per heavy atom. The van der Waals surface area contributed by atoms with Crippen molar-refractivity contribution < 1.29 is 8.78 Å². The van der Waals surface area contributed by atoms with Gasteiger partial charge in [-0.25, -0.2) is 8.78 Å². The van der Waals surface area contributed by atoms with Crippen molar-refractivity contribution in [2.75, 3.05) is 5.32 Å². The van der Waals surface area contributed by atoms with Crippen molar-refractivity contribution >= 4 is 5.82 Å². The number of hydrogen-bond acceptors (Lipinski definition) is 3. The molecule has 0 aromatic carbocycles. The third-order valence-corrected chi connectivity index (χ3v) is 1.72. The van der Waals surface area contributed by atoms with Gasteiger partial charge >= 0.3 is 0 Å². The van der Waals surface area contributed by atoms with Gasteiger partial charge in [-0.1, -0.05) is 0 Å². The van der Waals surface area contributed by atoms with Gasteiger partial charge in [0.25, 0.3) is 0 Å². The van der Waals surface area contributed by atoms with Gasteiger partial charge < -0.3 is 5.32 Å². The minimum absolute atomic E-state index is 0.185. The molecule has 0 spiro atoms. The van der Waals surface area contributed by atoms with Gasteiger partial charge in [0.1, 0.15) is 5.82 Å². The summed E-state index contributed by atoms with van der Waals surface area (Å²) in [6.45, 7) is 3.56. The van der Waals surface area contributed by atoms with Crippen LogP contribution in [0.15, 0.2) is 12.3 Å². The summed E-state index contributed by atoms with van der Waals surface area (Å²) in [5.74, 6) is 0.540. The van der Waals surface area contributed by atoms with E-state index in [4.69, 9.17) is 0 Å². The first kappa shape index (κ1) is 10.8. The summed E-state index contributed by atoms with van der Waals surface area (Å²) in [5, 5.41) is 10.4. The zero-order valence-corrected chi connectivity index (χ0v) is 8.17. The van der Waals surface area contributed by atoms with Crippen LogP contribution in [0.3, 0.4) is 0 Å². The van der Waals surface area contributed by atoms with Crippen molar-refractivity contribution in [2.24, 2.45) is 0 Å². The van der Waals surface area contributed by atoms with Gasteiger partial charge in [0.15, 0.2) is 0 Å². The first-order valence-electron chi connectivity index (χ1n) is 4.42. The third-order valence-electron chi connectivity index (χ3n) is 1.72. The molecule has 1 atom stereocenters. The van der Waals surface area contributed by atoms with Crippen LogP contribution in [0.2, 0.25) is 0 Å². The molecule has 0 aliphatic carbocycles. The average Bonchev–Trinajstić information content (AvgIpc) is 2.01. The number of alkyl halides is 2. The van der Waals surface area contributed by atoms with Crippen LogP contribution in [0, 0.1) is 6.92 Å². The van der Waals surface area contributed by atoms with Crippen LogP contribution in [-0.4, -0.2) is 22.7 Å². The molecule has 0 bridgehead atoms. The maximum absolute atomic E-state index is 12.0. The van der Waals surface area contributed by atoms with Gasteiger partial charge in [-0.05, 0) is 25.5 Å². The van der Waals surface area contributed by atoms with Crippen molar-refractivity contribution in [1.82, 2.24) is 10.2 Å². The molecular formula is C9H13F2N3. The van der Waals surface area contributed by atoms with E-state index in [9.17, 15) is 8.78 Å². The van der Waals surface area contributed by atoms with Crippen molar-refractivity contribution in [3.63, 3.8) is 0 Å². The van der Waals surface area contributed by atoms with Gasteiger partial charge in [-0.15, -0.1) is 5.10 Å². The number of aromatic nitrogens is 2. The molecule has 1 aromatic rings. The normalized spacial score (nSPS) is 12.9. The molecule has 5 heteroatoms.